The zero-order valence-corrected chi connectivity index (χ0v) is 10.4. The monoisotopic (exact) mass is 248 g/mol. The molecule has 94 valence electrons. The number of nitrogens with one attached hydrogen (secondary N) is 1. The van der Waals surface area contributed by atoms with E-state index in [2.05, 4.69) is 10.3 Å². The Morgan fingerprint density at radius 2 is 2.25 bits per heavy atom. The van der Waals surface area contributed by atoms with Gasteiger partial charge in [-0.05, 0) is 13.8 Å². The maximum Gasteiger partial charge on any atom is 0.156 e. The summed E-state index contributed by atoms with van der Waals surface area (Å²) in [4.78, 5) is 4.28. The van der Waals surface area contributed by atoms with Crippen LogP contribution >= 0.6 is 11.8 Å². The van der Waals surface area contributed by atoms with Crippen molar-refractivity contribution in [2.75, 3.05) is 19.7 Å². The SMILES string of the molecule is CCNC1=NCC([C@H](CO)[C@@H](O)[C@@H](C)O)S1. The first-order valence-corrected chi connectivity index (χ1v) is 6.40. The van der Waals surface area contributed by atoms with E-state index in [1.807, 2.05) is 6.92 Å². The van der Waals surface area contributed by atoms with E-state index in [1.54, 1.807) is 0 Å². The molecule has 0 spiro atoms. The second-order valence-corrected chi connectivity index (χ2v) is 5.14. The molecule has 1 aliphatic rings. The van der Waals surface area contributed by atoms with Gasteiger partial charge in [-0.3, -0.25) is 4.99 Å². The molecule has 0 radical (unpaired) electrons. The highest BCUT2D eigenvalue weighted by Crippen LogP contribution is 2.29. The van der Waals surface area contributed by atoms with Gasteiger partial charge in [0.25, 0.3) is 0 Å². The van der Waals surface area contributed by atoms with E-state index < -0.39 is 12.2 Å². The molecule has 4 atom stereocenters. The smallest absolute Gasteiger partial charge is 0.156 e. The highest BCUT2D eigenvalue weighted by atomic mass is 32.2. The van der Waals surface area contributed by atoms with E-state index in [4.69, 9.17) is 0 Å². The van der Waals surface area contributed by atoms with Crippen LogP contribution in [0.25, 0.3) is 0 Å². The van der Waals surface area contributed by atoms with Crippen molar-refractivity contribution in [2.45, 2.75) is 31.3 Å². The van der Waals surface area contributed by atoms with Crippen LogP contribution in [0.3, 0.4) is 0 Å². The Bertz CT molecular complexity index is 248. The van der Waals surface area contributed by atoms with Crippen LogP contribution in [0.4, 0.5) is 0 Å². The fourth-order valence-electron chi connectivity index (χ4n) is 1.67. The Morgan fingerprint density at radius 1 is 1.56 bits per heavy atom. The Balaban J connectivity index is 2.51. The van der Waals surface area contributed by atoms with Crippen molar-refractivity contribution in [1.29, 1.82) is 0 Å². The van der Waals surface area contributed by atoms with Gasteiger partial charge in [-0.25, -0.2) is 0 Å². The van der Waals surface area contributed by atoms with Crippen molar-refractivity contribution in [3.8, 4) is 0 Å². The molecule has 0 amide bonds. The number of aliphatic hydroxyl groups excluding tert-OH is 3. The minimum atomic E-state index is -0.904. The molecule has 6 heteroatoms. The van der Waals surface area contributed by atoms with Crippen molar-refractivity contribution < 1.29 is 15.3 Å². The highest BCUT2D eigenvalue weighted by Gasteiger charge is 2.34. The second-order valence-electron chi connectivity index (χ2n) is 3.91. The van der Waals surface area contributed by atoms with Crippen LogP contribution in [0.1, 0.15) is 13.8 Å². The van der Waals surface area contributed by atoms with Gasteiger partial charge in [0.15, 0.2) is 5.17 Å². The van der Waals surface area contributed by atoms with Crippen molar-refractivity contribution in [1.82, 2.24) is 5.32 Å². The van der Waals surface area contributed by atoms with Crippen molar-refractivity contribution in [2.24, 2.45) is 10.9 Å². The van der Waals surface area contributed by atoms with Gasteiger partial charge in [0.05, 0.1) is 18.8 Å². The number of rotatable bonds is 5. The lowest BCUT2D eigenvalue weighted by molar-refractivity contribution is -0.0229. The molecule has 0 aromatic heterocycles. The summed E-state index contributed by atoms with van der Waals surface area (Å²) < 4.78 is 0. The zero-order chi connectivity index (χ0) is 12.1. The van der Waals surface area contributed by atoms with Gasteiger partial charge in [-0.15, -0.1) is 0 Å². The average Bonchev–Trinajstić information content (AvgIpc) is 2.68. The normalized spacial score (nSPS) is 26.1. The van der Waals surface area contributed by atoms with Crippen LogP contribution < -0.4 is 5.32 Å². The molecular weight excluding hydrogens is 228 g/mol. The molecule has 0 saturated carbocycles. The molecule has 4 N–H and O–H groups in total. The van der Waals surface area contributed by atoms with Crippen LogP contribution in [0.15, 0.2) is 4.99 Å². The van der Waals surface area contributed by atoms with Gasteiger partial charge < -0.3 is 20.6 Å². The number of aliphatic hydroxyl groups is 3. The van der Waals surface area contributed by atoms with E-state index >= 15 is 0 Å². The Morgan fingerprint density at radius 3 is 2.75 bits per heavy atom. The summed E-state index contributed by atoms with van der Waals surface area (Å²) in [5.41, 5.74) is 0. The summed E-state index contributed by atoms with van der Waals surface area (Å²) >= 11 is 1.52. The molecule has 1 rings (SSSR count). The molecular formula is C10H20N2O3S. The van der Waals surface area contributed by atoms with Crippen molar-refractivity contribution in [3.63, 3.8) is 0 Å². The third kappa shape index (κ3) is 3.35. The number of nitrogens with zero attached hydrogens (tertiary/aromatic N) is 1. The molecule has 1 aliphatic heterocycles. The van der Waals surface area contributed by atoms with Gasteiger partial charge in [0, 0.05) is 24.3 Å². The number of hydrogen-bond acceptors (Lipinski definition) is 6. The zero-order valence-electron chi connectivity index (χ0n) is 9.63. The molecule has 16 heavy (non-hydrogen) atoms. The minimum Gasteiger partial charge on any atom is -0.396 e. The van der Waals surface area contributed by atoms with Gasteiger partial charge >= 0.3 is 0 Å². The van der Waals surface area contributed by atoms with Gasteiger partial charge in [0.2, 0.25) is 0 Å². The maximum absolute atomic E-state index is 9.77. The van der Waals surface area contributed by atoms with Gasteiger partial charge in [-0.2, -0.15) is 0 Å². The van der Waals surface area contributed by atoms with Gasteiger partial charge in [0.1, 0.15) is 0 Å². The van der Waals surface area contributed by atoms with E-state index in [0.717, 1.165) is 11.7 Å². The predicted molar refractivity (Wildman–Crippen MR) is 65.6 cm³/mol. The molecule has 0 aromatic carbocycles. The third-order valence-electron chi connectivity index (χ3n) is 2.63. The van der Waals surface area contributed by atoms with E-state index in [9.17, 15) is 15.3 Å². The second kappa shape index (κ2) is 6.44. The standard InChI is InChI=1S/C10H20N2O3S/c1-3-11-10-12-4-8(16-10)7(5-13)9(15)6(2)14/h6-9,13-15H,3-5H2,1-2H3,(H,11,12)/t6-,7+,8?,9+/m1/s1. The third-order valence-corrected chi connectivity index (χ3v) is 3.93. The summed E-state index contributed by atoms with van der Waals surface area (Å²) in [7, 11) is 0. The number of amidine groups is 1. The topological polar surface area (TPSA) is 85.1 Å². The Kier molecular flexibility index (Phi) is 5.54. The summed E-state index contributed by atoms with van der Waals surface area (Å²) in [6.07, 6.45) is -1.74. The minimum absolute atomic E-state index is 0.0312. The molecule has 5 nitrogen and oxygen atoms in total. The van der Waals surface area contributed by atoms with Crippen molar-refractivity contribution in [3.05, 3.63) is 0 Å². The van der Waals surface area contributed by atoms with E-state index in [0.29, 0.717) is 6.54 Å². The number of thioether (sulfide) groups is 1. The fraction of sp³-hybridized carbons (Fsp3) is 0.900. The Labute approximate surface area is 100.0 Å². The molecule has 0 aliphatic carbocycles. The van der Waals surface area contributed by atoms with Gasteiger partial charge in [-0.1, -0.05) is 11.8 Å². The summed E-state index contributed by atoms with van der Waals surface area (Å²) in [6, 6.07) is 0. The molecule has 0 saturated heterocycles. The first-order valence-electron chi connectivity index (χ1n) is 5.52. The first kappa shape index (κ1) is 13.8. The fourth-order valence-corrected chi connectivity index (χ4v) is 2.90. The quantitative estimate of drug-likeness (QED) is 0.523. The van der Waals surface area contributed by atoms with E-state index in [1.165, 1.54) is 18.7 Å². The lowest BCUT2D eigenvalue weighted by Gasteiger charge is -2.27. The molecule has 1 unspecified atom stereocenters. The molecule has 1 heterocycles. The largest absolute Gasteiger partial charge is 0.396 e. The molecule has 0 aromatic rings. The molecule has 0 fully saturated rings. The Hall–Kier alpha value is -0.300. The lowest BCUT2D eigenvalue weighted by Crippen LogP contribution is -2.40. The summed E-state index contributed by atoms with van der Waals surface area (Å²) in [5.74, 6) is -0.343. The van der Waals surface area contributed by atoms with Crippen LogP contribution in [0.2, 0.25) is 0 Å². The van der Waals surface area contributed by atoms with E-state index in [-0.39, 0.29) is 17.8 Å². The highest BCUT2D eigenvalue weighted by molar-refractivity contribution is 8.14. The van der Waals surface area contributed by atoms with Crippen LogP contribution in [-0.2, 0) is 0 Å². The number of aliphatic imine (C=N–C) groups is 1. The van der Waals surface area contributed by atoms with Crippen LogP contribution in [-0.4, -0.2) is 57.6 Å². The summed E-state index contributed by atoms with van der Waals surface area (Å²) in [5, 5.41) is 32.4. The average molecular weight is 248 g/mol. The lowest BCUT2D eigenvalue weighted by atomic mass is 9.95. The first-order chi connectivity index (χ1) is 7.60. The summed E-state index contributed by atoms with van der Waals surface area (Å²) in [6.45, 7) is 4.76. The predicted octanol–water partition coefficient (Wildman–Crippen LogP) is -0.583. The maximum atomic E-state index is 9.77. The van der Waals surface area contributed by atoms with Crippen LogP contribution in [0.5, 0.6) is 0 Å². The van der Waals surface area contributed by atoms with Crippen molar-refractivity contribution >= 4 is 16.9 Å². The molecule has 0 bridgehead atoms. The number of hydrogen-bond donors (Lipinski definition) is 4. The van der Waals surface area contributed by atoms with Crippen LogP contribution in [0, 0.1) is 5.92 Å².